The molecule has 0 aromatic heterocycles. The van der Waals surface area contributed by atoms with Gasteiger partial charge in [-0.1, -0.05) is 26.0 Å². The van der Waals surface area contributed by atoms with E-state index in [2.05, 4.69) is 10.6 Å². The SMILES string of the molecule is CC(C)CC(=O)Nc1cccc(CNC(=O)CCCN(C)S(=O)(=O)c2ccc(F)cc2)c1. The molecule has 0 radical (unpaired) electrons. The fraction of sp³-hybridized carbons (Fsp3) is 0.391. The second-order valence-electron chi connectivity index (χ2n) is 8.01. The van der Waals surface area contributed by atoms with E-state index in [-0.39, 0.29) is 35.6 Å². The first kappa shape index (κ1) is 25.5. The van der Waals surface area contributed by atoms with E-state index < -0.39 is 15.8 Å². The first-order valence-corrected chi connectivity index (χ1v) is 11.9. The Hall–Kier alpha value is -2.78. The number of benzene rings is 2. The van der Waals surface area contributed by atoms with Gasteiger partial charge in [-0.3, -0.25) is 9.59 Å². The van der Waals surface area contributed by atoms with E-state index in [1.807, 2.05) is 32.0 Å². The summed E-state index contributed by atoms with van der Waals surface area (Å²) in [6.07, 6.45) is 0.939. The van der Waals surface area contributed by atoms with Gasteiger partial charge in [0.1, 0.15) is 5.82 Å². The van der Waals surface area contributed by atoms with Crippen LogP contribution in [0.3, 0.4) is 0 Å². The molecular weight excluding hydrogens is 433 g/mol. The van der Waals surface area contributed by atoms with Crippen molar-refractivity contribution in [2.45, 2.75) is 44.6 Å². The number of carbonyl (C=O) groups excluding carboxylic acids is 2. The molecule has 0 aliphatic carbocycles. The average Bonchev–Trinajstić information content (AvgIpc) is 2.72. The van der Waals surface area contributed by atoms with Crippen LogP contribution in [0.4, 0.5) is 10.1 Å². The predicted octanol–water partition coefficient (Wildman–Crippen LogP) is 3.53. The Morgan fingerprint density at radius 3 is 2.41 bits per heavy atom. The number of nitrogens with one attached hydrogen (secondary N) is 2. The lowest BCUT2D eigenvalue weighted by Gasteiger charge is -2.17. The van der Waals surface area contributed by atoms with Gasteiger partial charge in [-0.05, 0) is 54.3 Å². The Labute approximate surface area is 189 Å². The van der Waals surface area contributed by atoms with Crippen molar-refractivity contribution in [3.05, 3.63) is 59.9 Å². The highest BCUT2D eigenvalue weighted by molar-refractivity contribution is 7.89. The Bertz CT molecular complexity index is 1020. The monoisotopic (exact) mass is 463 g/mol. The summed E-state index contributed by atoms with van der Waals surface area (Å²) in [7, 11) is -2.30. The molecule has 32 heavy (non-hydrogen) atoms. The number of carbonyl (C=O) groups is 2. The van der Waals surface area contributed by atoms with Crippen LogP contribution >= 0.6 is 0 Å². The van der Waals surface area contributed by atoms with E-state index >= 15 is 0 Å². The molecule has 0 saturated heterocycles. The number of halogens is 1. The fourth-order valence-corrected chi connectivity index (χ4v) is 4.21. The first-order chi connectivity index (χ1) is 15.1. The van der Waals surface area contributed by atoms with E-state index in [1.165, 1.54) is 19.2 Å². The molecule has 9 heteroatoms. The lowest BCUT2D eigenvalue weighted by atomic mass is 10.1. The summed E-state index contributed by atoms with van der Waals surface area (Å²) in [6, 6.07) is 11.9. The van der Waals surface area contributed by atoms with Crippen LogP contribution in [0.1, 0.15) is 38.7 Å². The van der Waals surface area contributed by atoms with Gasteiger partial charge in [0.25, 0.3) is 0 Å². The standard InChI is InChI=1S/C23H30FN3O4S/c1-17(2)14-23(29)26-20-7-4-6-18(15-20)16-25-22(28)8-5-13-27(3)32(30,31)21-11-9-19(24)10-12-21/h4,6-7,9-12,15,17H,5,8,13-14,16H2,1-3H3,(H,25,28)(H,26,29). The molecule has 0 heterocycles. The van der Waals surface area contributed by atoms with Crippen molar-refractivity contribution in [1.29, 1.82) is 0 Å². The van der Waals surface area contributed by atoms with Crippen molar-refractivity contribution in [3.63, 3.8) is 0 Å². The molecule has 0 bridgehead atoms. The smallest absolute Gasteiger partial charge is 0.242 e. The molecule has 0 unspecified atom stereocenters. The van der Waals surface area contributed by atoms with Gasteiger partial charge < -0.3 is 10.6 Å². The quantitative estimate of drug-likeness (QED) is 0.533. The number of rotatable bonds is 11. The van der Waals surface area contributed by atoms with Crippen LogP contribution < -0.4 is 10.6 Å². The van der Waals surface area contributed by atoms with Crippen molar-refractivity contribution in [3.8, 4) is 0 Å². The van der Waals surface area contributed by atoms with Crippen molar-refractivity contribution < 1.29 is 22.4 Å². The Morgan fingerprint density at radius 2 is 1.75 bits per heavy atom. The molecule has 0 aliphatic heterocycles. The normalized spacial score (nSPS) is 11.6. The third-order valence-corrected chi connectivity index (χ3v) is 6.56. The van der Waals surface area contributed by atoms with Gasteiger partial charge in [-0.25, -0.2) is 17.1 Å². The molecule has 0 saturated carbocycles. The fourth-order valence-electron chi connectivity index (χ4n) is 3.00. The van der Waals surface area contributed by atoms with Gasteiger partial charge in [-0.15, -0.1) is 0 Å². The minimum absolute atomic E-state index is 0.00576. The molecule has 0 aliphatic rings. The molecule has 174 valence electrons. The van der Waals surface area contributed by atoms with Gasteiger partial charge >= 0.3 is 0 Å². The zero-order valence-electron chi connectivity index (χ0n) is 18.6. The van der Waals surface area contributed by atoms with Crippen LogP contribution in [0, 0.1) is 11.7 Å². The van der Waals surface area contributed by atoms with Gasteiger partial charge in [0.2, 0.25) is 21.8 Å². The number of nitrogens with zero attached hydrogens (tertiary/aromatic N) is 1. The van der Waals surface area contributed by atoms with Crippen LogP contribution in [0.2, 0.25) is 0 Å². The highest BCUT2D eigenvalue weighted by Gasteiger charge is 2.20. The van der Waals surface area contributed by atoms with E-state index in [9.17, 15) is 22.4 Å². The number of sulfonamides is 1. The van der Waals surface area contributed by atoms with E-state index in [4.69, 9.17) is 0 Å². The molecule has 2 amide bonds. The second-order valence-corrected chi connectivity index (χ2v) is 10.1. The molecule has 2 rings (SSSR count). The summed E-state index contributed by atoms with van der Waals surface area (Å²) in [5, 5.41) is 5.64. The summed E-state index contributed by atoms with van der Waals surface area (Å²) in [4.78, 5) is 24.1. The zero-order chi connectivity index (χ0) is 23.7. The van der Waals surface area contributed by atoms with Crippen LogP contribution in [-0.2, 0) is 26.2 Å². The van der Waals surface area contributed by atoms with Crippen LogP contribution in [0.25, 0.3) is 0 Å². The Morgan fingerprint density at radius 1 is 1.06 bits per heavy atom. The molecule has 0 atom stereocenters. The van der Waals surface area contributed by atoms with Crippen LogP contribution in [0.15, 0.2) is 53.4 Å². The first-order valence-electron chi connectivity index (χ1n) is 10.5. The third-order valence-electron chi connectivity index (χ3n) is 4.69. The maximum atomic E-state index is 13.0. The van der Waals surface area contributed by atoms with Crippen molar-refractivity contribution >= 4 is 27.5 Å². The summed E-state index contributed by atoms with van der Waals surface area (Å²) < 4.78 is 39.1. The minimum Gasteiger partial charge on any atom is -0.352 e. The highest BCUT2D eigenvalue weighted by Crippen LogP contribution is 2.15. The van der Waals surface area contributed by atoms with Crippen molar-refractivity contribution in [2.75, 3.05) is 18.9 Å². The largest absolute Gasteiger partial charge is 0.352 e. The number of hydrogen-bond donors (Lipinski definition) is 2. The Balaban J connectivity index is 1.78. The lowest BCUT2D eigenvalue weighted by molar-refractivity contribution is -0.121. The molecule has 7 nitrogen and oxygen atoms in total. The molecule has 2 aromatic rings. The number of anilines is 1. The molecular formula is C23H30FN3O4S. The molecule has 2 N–H and O–H groups in total. The van der Waals surface area contributed by atoms with Gasteiger partial charge in [0, 0.05) is 38.7 Å². The maximum absolute atomic E-state index is 13.0. The van der Waals surface area contributed by atoms with Crippen LogP contribution in [-0.4, -0.2) is 38.1 Å². The van der Waals surface area contributed by atoms with E-state index in [0.717, 1.165) is 22.0 Å². The van der Waals surface area contributed by atoms with E-state index in [0.29, 0.717) is 25.1 Å². The summed E-state index contributed by atoms with van der Waals surface area (Å²) in [6.45, 7) is 4.41. The molecule has 2 aromatic carbocycles. The highest BCUT2D eigenvalue weighted by atomic mass is 32.2. The summed E-state index contributed by atoms with van der Waals surface area (Å²) >= 11 is 0. The van der Waals surface area contributed by atoms with Crippen LogP contribution in [0.5, 0.6) is 0 Å². The van der Waals surface area contributed by atoms with E-state index in [1.54, 1.807) is 6.07 Å². The minimum atomic E-state index is -3.73. The molecule has 0 spiro atoms. The van der Waals surface area contributed by atoms with Crippen molar-refractivity contribution in [1.82, 2.24) is 9.62 Å². The Kier molecular flexibility index (Phi) is 9.34. The zero-order valence-corrected chi connectivity index (χ0v) is 19.4. The number of hydrogen-bond acceptors (Lipinski definition) is 4. The summed E-state index contributed by atoms with van der Waals surface area (Å²) in [5.41, 5.74) is 1.52. The lowest BCUT2D eigenvalue weighted by Crippen LogP contribution is -2.29. The predicted molar refractivity (Wildman–Crippen MR) is 122 cm³/mol. The van der Waals surface area contributed by atoms with Gasteiger partial charge in [-0.2, -0.15) is 0 Å². The average molecular weight is 464 g/mol. The topological polar surface area (TPSA) is 95.6 Å². The van der Waals surface area contributed by atoms with Gasteiger partial charge in [0.05, 0.1) is 4.90 Å². The maximum Gasteiger partial charge on any atom is 0.242 e. The molecule has 0 fully saturated rings. The number of amides is 2. The second kappa shape index (κ2) is 11.7. The van der Waals surface area contributed by atoms with Gasteiger partial charge in [0.15, 0.2) is 0 Å². The summed E-state index contributed by atoms with van der Waals surface area (Å²) in [5.74, 6) is -0.498. The third kappa shape index (κ3) is 8.05. The van der Waals surface area contributed by atoms with Crippen molar-refractivity contribution in [2.24, 2.45) is 5.92 Å².